The Balaban J connectivity index is 2.49. The van der Waals surface area contributed by atoms with Gasteiger partial charge in [0.05, 0.1) is 24.7 Å². The minimum atomic E-state index is -0.260. The van der Waals surface area contributed by atoms with Gasteiger partial charge in [0.1, 0.15) is 5.75 Å². The summed E-state index contributed by atoms with van der Waals surface area (Å²) in [6.07, 6.45) is 2.75. The first-order valence-corrected chi connectivity index (χ1v) is 7.63. The number of aryl methyl sites for hydroxylation is 1. The maximum atomic E-state index is 9.37. The highest BCUT2D eigenvalue weighted by Gasteiger charge is 2.15. The molecule has 0 radical (unpaired) electrons. The van der Waals surface area contributed by atoms with Gasteiger partial charge in [0, 0.05) is 10.0 Å². The number of rotatable bonds is 7. The van der Waals surface area contributed by atoms with Gasteiger partial charge in [0.25, 0.3) is 0 Å². The molecule has 1 rings (SSSR count). The van der Waals surface area contributed by atoms with Crippen molar-refractivity contribution in [3.63, 3.8) is 0 Å². The molecule has 0 bridgehead atoms. The third kappa shape index (κ3) is 5.15. The van der Waals surface area contributed by atoms with Crippen molar-refractivity contribution < 1.29 is 9.84 Å². The Kier molecular flexibility index (Phi) is 6.51. The number of hydrogen-bond acceptors (Lipinski definition) is 3. The highest BCUT2D eigenvalue weighted by molar-refractivity contribution is 9.10. The van der Waals surface area contributed by atoms with E-state index in [0.717, 1.165) is 40.6 Å². The molecule has 0 amide bonds. The Morgan fingerprint density at radius 3 is 2.65 bits per heavy atom. The van der Waals surface area contributed by atoms with Crippen LogP contribution in [0.25, 0.3) is 0 Å². The maximum Gasteiger partial charge on any atom is 0.127 e. The molecule has 1 aromatic rings. The molecular weight excluding hydrogens is 318 g/mol. The van der Waals surface area contributed by atoms with Crippen LogP contribution in [0.1, 0.15) is 44.2 Å². The molecule has 1 N–H and O–H groups in total. The summed E-state index contributed by atoms with van der Waals surface area (Å²) < 4.78 is 6.74. The molecule has 3 nitrogen and oxygen atoms in total. The molecule has 0 aromatic heterocycles. The lowest BCUT2D eigenvalue weighted by Gasteiger charge is -2.16. The fourth-order valence-corrected chi connectivity index (χ4v) is 2.64. The smallest absolute Gasteiger partial charge is 0.127 e. The minimum Gasteiger partial charge on any atom is -0.493 e. The lowest BCUT2D eigenvalue weighted by molar-refractivity contribution is 0.256. The summed E-state index contributed by atoms with van der Waals surface area (Å²) in [5, 5.41) is 18.3. The monoisotopic (exact) mass is 339 g/mol. The van der Waals surface area contributed by atoms with Gasteiger partial charge in [-0.2, -0.15) is 5.26 Å². The Morgan fingerprint density at radius 1 is 1.35 bits per heavy atom. The van der Waals surface area contributed by atoms with Crippen molar-refractivity contribution in [2.45, 2.75) is 46.6 Å². The molecule has 0 aliphatic rings. The summed E-state index contributed by atoms with van der Waals surface area (Å²) in [7, 11) is 0. The van der Waals surface area contributed by atoms with E-state index in [1.807, 2.05) is 32.9 Å². The molecular formula is C16H22BrNO2. The van der Waals surface area contributed by atoms with E-state index >= 15 is 0 Å². The van der Waals surface area contributed by atoms with Gasteiger partial charge in [-0.15, -0.1) is 0 Å². The highest BCUT2D eigenvalue weighted by atomic mass is 79.9. The number of halogens is 1. The van der Waals surface area contributed by atoms with Crippen LogP contribution in [0.15, 0.2) is 16.6 Å². The number of aliphatic hydroxyl groups excluding tert-OH is 1. The molecule has 0 aliphatic carbocycles. The standard InChI is InChI=1S/C16H22BrNO2/c1-12-8-14(17)9-13(10-19)15(12)20-7-5-4-6-16(2,3)11-18/h8-9,19H,4-7,10H2,1-3H3. The third-order valence-corrected chi connectivity index (χ3v) is 3.69. The molecule has 0 heterocycles. The van der Waals surface area contributed by atoms with Crippen molar-refractivity contribution >= 4 is 15.9 Å². The number of nitriles is 1. The van der Waals surface area contributed by atoms with Gasteiger partial charge < -0.3 is 9.84 Å². The van der Waals surface area contributed by atoms with Crippen molar-refractivity contribution in [1.29, 1.82) is 5.26 Å². The SMILES string of the molecule is Cc1cc(Br)cc(CO)c1OCCCCC(C)(C)C#N. The molecule has 0 saturated heterocycles. The minimum absolute atomic E-state index is 0.0307. The zero-order chi connectivity index (χ0) is 15.2. The van der Waals surface area contributed by atoms with E-state index in [0.29, 0.717) is 6.61 Å². The predicted molar refractivity (Wildman–Crippen MR) is 83.5 cm³/mol. The first-order valence-electron chi connectivity index (χ1n) is 6.83. The maximum absolute atomic E-state index is 9.37. The van der Waals surface area contributed by atoms with Gasteiger partial charge in [-0.05, 0) is 57.7 Å². The van der Waals surface area contributed by atoms with Crippen molar-refractivity contribution in [2.24, 2.45) is 5.41 Å². The highest BCUT2D eigenvalue weighted by Crippen LogP contribution is 2.28. The van der Waals surface area contributed by atoms with Crippen molar-refractivity contribution in [2.75, 3.05) is 6.61 Å². The average Bonchev–Trinajstić information content (AvgIpc) is 2.39. The van der Waals surface area contributed by atoms with Crippen molar-refractivity contribution in [3.05, 3.63) is 27.7 Å². The van der Waals surface area contributed by atoms with E-state index in [1.165, 1.54) is 0 Å². The van der Waals surface area contributed by atoms with Crippen LogP contribution in [0.5, 0.6) is 5.75 Å². The van der Waals surface area contributed by atoms with Crippen LogP contribution < -0.4 is 4.74 Å². The van der Waals surface area contributed by atoms with Gasteiger partial charge >= 0.3 is 0 Å². The summed E-state index contributed by atoms with van der Waals surface area (Å²) >= 11 is 3.41. The van der Waals surface area contributed by atoms with E-state index in [4.69, 9.17) is 10.00 Å². The van der Waals surface area contributed by atoms with Crippen LogP contribution >= 0.6 is 15.9 Å². The summed E-state index contributed by atoms with van der Waals surface area (Å²) in [5.41, 5.74) is 1.55. The van der Waals surface area contributed by atoms with Gasteiger partial charge in [0.15, 0.2) is 0 Å². The summed E-state index contributed by atoms with van der Waals surface area (Å²) in [6, 6.07) is 6.16. The molecule has 0 unspecified atom stereocenters. The summed E-state index contributed by atoms with van der Waals surface area (Å²) in [6.45, 7) is 6.46. The first kappa shape index (κ1) is 17.0. The number of unbranched alkanes of at least 4 members (excludes halogenated alkanes) is 1. The normalized spacial score (nSPS) is 11.2. The molecule has 0 aliphatic heterocycles. The third-order valence-electron chi connectivity index (χ3n) is 3.23. The second-order valence-corrected chi connectivity index (χ2v) is 6.59. The van der Waals surface area contributed by atoms with E-state index in [9.17, 15) is 5.11 Å². The molecule has 0 fully saturated rings. The summed E-state index contributed by atoms with van der Waals surface area (Å²) in [4.78, 5) is 0. The van der Waals surface area contributed by atoms with Gasteiger partial charge in [0.2, 0.25) is 0 Å². The molecule has 20 heavy (non-hydrogen) atoms. The Bertz CT molecular complexity index is 492. The van der Waals surface area contributed by atoms with Crippen LogP contribution in [-0.2, 0) is 6.61 Å². The lowest BCUT2D eigenvalue weighted by atomic mass is 9.89. The largest absolute Gasteiger partial charge is 0.493 e. The second kappa shape index (κ2) is 7.66. The van der Waals surface area contributed by atoms with Gasteiger partial charge in [-0.1, -0.05) is 15.9 Å². The van der Waals surface area contributed by atoms with Crippen LogP contribution in [0.3, 0.4) is 0 Å². The zero-order valence-corrected chi connectivity index (χ0v) is 14.0. The number of ether oxygens (including phenoxy) is 1. The predicted octanol–water partition coefficient (Wildman–Crippen LogP) is 4.35. The lowest BCUT2D eigenvalue weighted by Crippen LogP contribution is -2.09. The fraction of sp³-hybridized carbons (Fsp3) is 0.562. The van der Waals surface area contributed by atoms with Crippen molar-refractivity contribution in [1.82, 2.24) is 0 Å². The molecule has 0 spiro atoms. The van der Waals surface area contributed by atoms with E-state index < -0.39 is 0 Å². The van der Waals surface area contributed by atoms with Crippen LogP contribution in [0.4, 0.5) is 0 Å². The van der Waals surface area contributed by atoms with Crippen LogP contribution in [0, 0.1) is 23.7 Å². The molecule has 1 aromatic carbocycles. The Hall–Kier alpha value is -1.05. The summed E-state index contributed by atoms with van der Waals surface area (Å²) in [5.74, 6) is 0.773. The molecule has 110 valence electrons. The number of aliphatic hydroxyl groups is 1. The van der Waals surface area contributed by atoms with E-state index in [-0.39, 0.29) is 12.0 Å². The topological polar surface area (TPSA) is 53.2 Å². The quantitative estimate of drug-likeness (QED) is 0.751. The first-order chi connectivity index (χ1) is 9.39. The number of hydrogen-bond donors (Lipinski definition) is 1. The molecule has 0 saturated carbocycles. The second-order valence-electron chi connectivity index (χ2n) is 5.67. The van der Waals surface area contributed by atoms with Gasteiger partial charge in [-0.3, -0.25) is 0 Å². The molecule has 4 heteroatoms. The van der Waals surface area contributed by atoms with Crippen molar-refractivity contribution in [3.8, 4) is 11.8 Å². The fourth-order valence-electron chi connectivity index (χ4n) is 2.02. The number of benzene rings is 1. The molecule has 0 atom stereocenters. The average molecular weight is 340 g/mol. The van der Waals surface area contributed by atoms with Crippen LogP contribution in [-0.4, -0.2) is 11.7 Å². The Morgan fingerprint density at radius 2 is 2.05 bits per heavy atom. The zero-order valence-electron chi connectivity index (χ0n) is 12.4. The number of nitrogens with zero attached hydrogens (tertiary/aromatic N) is 1. The Labute approximate surface area is 129 Å². The van der Waals surface area contributed by atoms with E-state index in [2.05, 4.69) is 22.0 Å². The van der Waals surface area contributed by atoms with Gasteiger partial charge in [-0.25, -0.2) is 0 Å². The van der Waals surface area contributed by atoms with E-state index in [1.54, 1.807) is 0 Å². The van der Waals surface area contributed by atoms with Crippen LogP contribution in [0.2, 0.25) is 0 Å².